The molecule has 2 heterocycles. The fourth-order valence-electron chi connectivity index (χ4n) is 3.69. The van der Waals surface area contributed by atoms with E-state index in [0.717, 1.165) is 42.7 Å². The predicted octanol–water partition coefficient (Wildman–Crippen LogP) is 3.99. The molecule has 1 amide bonds. The molecule has 1 saturated heterocycles. The fourth-order valence-corrected chi connectivity index (χ4v) is 3.69. The first-order valence-electron chi connectivity index (χ1n) is 9.13. The molecule has 1 fully saturated rings. The van der Waals surface area contributed by atoms with Crippen molar-refractivity contribution in [2.24, 2.45) is 0 Å². The number of carbonyl (C=O) groups excluding carboxylic acids is 1. The van der Waals surface area contributed by atoms with Crippen molar-refractivity contribution < 1.29 is 9.53 Å². The molecular formula is C21H24N2O2. The summed E-state index contributed by atoms with van der Waals surface area (Å²) in [5.74, 6) is 0.0782. The van der Waals surface area contributed by atoms with E-state index in [4.69, 9.17) is 4.74 Å². The van der Waals surface area contributed by atoms with Gasteiger partial charge in [0.2, 0.25) is 0 Å². The number of rotatable bonds is 4. The molecule has 2 aromatic rings. The van der Waals surface area contributed by atoms with Gasteiger partial charge in [-0.2, -0.15) is 0 Å². The molecule has 0 unspecified atom stereocenters. The number of benzene rings is 2. The lowest BCUT2D eigenvalue weighted by molar-refractivity contribution is 0.0427. The molecule has 0 aliphatic carbocycles. The molecule has 0 radical (unpaired) electrons. The van der Waals surface area contributed by atoms with Gasteiger partial charge in [0, 0.05) is 18.8 Å². The Labute approximate surface area is 148 Å². The summed E-state index contributed by atoms with van der Waals surface area (Å²) in [5, 5.41) is 3.55. The maximum absolute atomic E-state index is 13.1. The van der Waals surface area contributed by atoms with Gasteiger partial charge < -0.3 is 15.0 Å². The number of hydrogen-bond donors (Lipinski definition) is 1. The molecule has 4 rings (SSSR count). The second-order valence-corrected chi connectivity index (χ2v) is 6.78. The standard InChI is InChI=1S/C21H24N2O2/c1-2-15-9-11-16(12-10-15)20-22-19-8-4-3-7-18(19)21(24)23(20)14-17-6-5-13-25-17/h3-4,7-12,17,20,22H,2,5-6,13-14H2,1H3/t17-,20-/m0/s1. The minimum absolute atomic E-state index is 0.0782. The molecule has 2 atom stereocenters. The van der Waals surface area contributed by atoms with E-state index >= 15 is 0 Å². The third-order valence-electron chi connectivity index (χ3n) is 5.15. The van der Waals surface area contributed by atoms with Gasteiger partial charge in [0.15, 0.2) is 0 Å². The number of nitrogens with one attached hydrogen (secondary N) is 1. The fraction of sp³-hybridized carbons (Fsp3) is 0.381. The number of fused-ring (bicyclic) bond motifs is 1. The first-order chi connectivity index (χ1) is 12.3. The second-order valence-electron chi connectivity index (χ2n) is 6.78. The van der Waals surface area contributed by atoms with Crippen molar-refractivity contribution in [2.75, 3.05) is 18.5 Å². The van der Waals surface area contributed by atoms with Gasteiger partial charge >= 0.3 is 0 Å². The summed E-state index contributed by atoms with van der Waals surface area (Å²) in [4.78, 5) is 15.1. The summed E-state index contributed by atoms with van der Waals surface area (Å²) in [6.07, 6.45) is 3.09. The maximum atomic E-state index is 13.1. The Morgan fingerprint density at radius 1 is 1.16 bits per heavy atom. The van der Waals surface area contributed by atoms with Gasteiger partial charge in [-0.05, 0) is 42.5 Å². The van der Waals surface area contributed by atoms with Crippen LogP contribution in [0.4, 0.5) is 5.69 Å². The molecule has 0 aromatic heterocycles. The van der Waals surface area contributed by atoms with Gasteiger partial charge in [-0.1, -0.05) is 43.3 Å². The number of hydrogen-bond acceptors (Lipinski definition) is 3. The number of amides is 1. The van der Waals surface area contributed by atoms with Crippen molar-refractivity contribution in [1.29, 1.82) is 0 Å². The number of para-hydroxylation sites is 1. The van der Waals surface area contributed by atoms with E-state index in [-0.39, 0.29) is 18.2 Å². The molecule has 25 heavy (non-hydrogen) atoms. The molecule has 1 N–H and O–H groups in total. The lowest BCUT2D eigenvalue weighted by atomic mass is 10.0. The second kappa shape index (κ2) is 6.89. The van der Waals surface area contributed by atoms with Gasteiger partial charge in [-0.15, -0.1) is 0 Å². The van der Waals surface area contributed by atoms with Crippen LogP contribution in [0.15, 0.2) is 48.5 Å². The van der Waals surface area contributed by atoms with E-state index in [2.05, 4.69) is 36.5 Å². The van der Waals surface area contributed by atoms with Crippen LogP contribution in [0.3, 0.4) is 0 Å². The molecule has 0 saturated carbocycles. The third-order valence-corrected chi connectivity index (χ3v) is 5.15. The Kier molecular flexibility index (Phi) is 4.45. The van der Waals surface area contributed by atoms with Gasteiger partial charge in [-0.3, -0.25) is 4.79 Å². The molecule has 4 nitrogen and oxygen atoms in total. The highest BCUT2D eigenvalue weighted by molar-refractivity contribution is 6.01. The first kappa shape index (κ1) is 16.2. The number of aryl methyl sites for hydroxylation is 1. The number of anilines is 1. The third kappa shape index (κ3) is 3.14. The summed E-state index contributed by atoms with van der Waals surface area (Å²) < 4.78 is 5.79. The van der Waals surface area contributed by atoms with Gasteiger partial charge in [0.1, 0.15) is 6.17 Å². The largest absolute Gasteiger partial charge is 0.376 e. The van der Waals surface area contributed by atoms with Crippen LogP contribution in [-0.4, -0.2) is 30.1 Å². The molecule has 4 heteroatoms. The Morgan fingerprint density at radius 2 is 1.96 bits per heavy atom. The Balaban J connectivity index is 1.68. The van der Waals surface area contributed by atoms with Crippen LogP contribution >= 0.6 is 0 Å². The molecule has 2 aliphatic rings. The molecule has 2 aromatic carbocycles. The summed E-state index contributed by atoms with van der Waals surface area (Å²) in [5.41, 5.74) is 4.05. The highest BCUT2D eigenvalue weighted by Crippen LogP contribution is 2.34. The molecule has 0 bridgehead atoms. The Morgan fingerprint density at radius 3 is 2.68 bits per heavy atom. The van der Waals surface area contributed by atoms with Crippen LogP contribution in [0.5, 0.6) is 0 Å². The van der Waals surface area contributed by atoms with E-state index in [1.807, 2.05) is 29.2 Å². The summed E-state index contributed by atoms with van der Waals surface area (Å²) >= 11 is 0. The van der Waals surface area contributed by atoms with E-state index in [1.165, 1.54) is 5.56 Å². The van der Waals surface area contributed by atoms with Crippen LogP contribution in [-0.2, 0) is 11.2 Å². The molecule has 130 valence electrons. The van der Waals surface area contributed by atoms with Gasteiger partial charge in [-0.25, -0.2) is 0 Å². The summed E-state index contributed by atoms with van der Waals surface area (Å²) in [6, 6.07) is 16.3. The highest BCUT2D eigenvalue weighted by atomic mass is 16.5. The average molecular weight is 336 g/mol. The van der Waals surface area contributed by atoms with Gasteiger partial charge in [0.25, 0.3) is 5.91 Å². The van der Waals surface area contributed by atoms with Crippen molar-refractivity contribution in [2.45, 2.75) is 38.5 Å². The van der Waals surface area contributed by atoms with Crippen molar-refractivity contribution in [3.8, 4) is 0 Å². The van der Waals surface area contributed by atoms with Crippen LogP contribution in [0.1, 0.15) is 47.4 Å². The average Bonchev–Trinajstić information content (AvgIpc) is 3.17. The minimum atomic E-state index is -0.155. The van der Waals surface area contributed by atoms with Crippen LogP contribution in [0.2, 0.25) is 0 Å². The first-order valence-corrected chi connectivity index (χ1v) is 9.13. The zero-order valence-corrected chi connectivity index (χ0v) is 14.6. The normalized spacial score (nSPS) is 22.6. The lowest BCUT2D eigenvalue weighted by Gasteiger charge is -2.39. The van der Waals surface area contributed by atoms with Crippen LogP contribution in [0.25, 0.3) is 0 Å². The predicted molar refractivity (Wildman–Crippen MR) is 98.6 cm³/mol. The summed E-state index contributed by atoms with van der Waals surface area (Å²) in [6.45, 7) is 3.57. The minimum Gasteiger partial charge on any atom is -0.376 e. The topological polar surface area (TPSA) is 41.6 Å². The number of ether oxygens (including phenoxy) is 1. The van der Waals surface area contributed by atoms with Crippen LogP contribution in [0, 0.1) is 0 Å². The Bertz CT molecular complexity index is 751. The van der Waals surface area contributed by atoms with Crippen molar-refractivity contribution >= 4 is 11.6 Å². The zero-order chi connectivity index (χ0) is 17.2. The quantitative estimate of drug-likeness (QED) is 0.918. The van der Waals surface area contributed by atoms with E-state index in [9.17, 15) is 4.79 Å². The van der Waals surface area contributed by atoms with Crippen molar-refractivity contribution in [3.63, 3.8) is 0 Å². The van der Waals surface area contributed by atoms with Crippen LogP contribution < -0.4 is 5.32 Å². The SMILES string of the molecule is CCc1ccc([C@H]2Nc3ccccc3C(=O)N2C[C@@H]2CCCO2)cc1. The van der Waals surface area contributed by atoms with E-state index < -0.39 is 0 Å². The maximum Gasteiger partial charge on any atom is 0.257 e. The van der Waals surface area contributed by atoms with Crippen molar-refractivity contribution in [1.82, 2.24) is 4.90 Å². The highest BCUT2D eigenvalue weighted by Gasteiger charge is 2.35. The zero-order valence-electron chi connectivity index (χ0n) is 14.6. The molecular weight excluding hydrogens is 312 g/mol. The van der Waals surface area contributed by atoms with Gasteiger partial charge in [0.05, 0.1) is 11.7 Å². The number of nitrogens with zero attached hydrogens (tertiary/aromatic N) is 1. The monoisotopic (exact) mass is 336 g/mol. The summed E-state index contributed by atoms with van der Waals surface area (Å²) in [7, 11) is 0. The molecule has 2 aliphatic heterocycles. The number of carbonyl (C=O) groups is 1. The Hall–Kier alpha value is -2.33. The smallest absolute Gasteiger partial charge is 0.257 e. The van der Waals surface area contributed by atoms with E-state index in [1.54, 1.807) is 0 Å². The van der Waals surface area contributed by atoms with E-state index in [0.29, 0.717) is 6.54 Å². The van der Waals surface area contributed by atoms with Crippen molar-refractivity contribution in [3.05, 3.63) is 65.2 Å². The molecule has 0 spiro atoms. The lowest BCUT2D eigenvalue weighted by Crippen LogP contribution is -2.46.